The van der Waals surface area contributed by atoms with Gasteiger partial charge < -0.3 is 15.4 Å². The quantitative estimate of drug-likeness (QED) is 0.607. The fourth-order valence-electron chi connectivity index (χ4n) is 3.79. The highest BCUT2D eigenvalue weighted by molar-refractivity contribution is 5.96. The molecule has 1 unspecified atom stereocenters. The van der Waals surface area contributed by atoms with Crippen molar-refractivity contribution in [1.29, 1.82) is 0 Å². The summed E-state index contributed by atoms with van der Waals surface area (Å²) in [5.74, 6) is 0.701. The highest BCUT2D eigenvalue weighted by Gasteiger charge is 2.29. The van der Waals surface area contributed by atoms with Crippen LogP contribution < -0.4 is 10.6 Å². The van der Waals surface area contributed by atoms with Gasteiger partial charge in [-0.3, -0.25) is 9.69 Å². The van der Waals surface area contributed by atoms with E-state index < -0.39 is 0 Å². The highest BCUT2D eigenvalue weighted by Crippen LogP contribution is 2.31. The van der Waals surface area contributed by atoms with Crippen LogP contribution in [0.25, 0.3) is 0 Å². The summed E-state index contributed by atoms with van der Waals surface area (Å²) >= 11 is 0. The number of carbonyl (C=O) groups excluding carboxylic acids is 1. The lowest BCUT2D eigenvalue weighted by Gasteiger charge is -2.41. The van der Waals surface area contributed by atoms with E-state index in [1.54, 1.807) is 7.11 Å². The van der Waals surface area contributed by atoms with Crippen molar-refractivity contribution in [3.63, 3.8) is 0 Å². The Hall–Kier alpha value is -2.37. The fraction of sp³-hybridized carbons (Fsp3) is 0.435. The molecule has 2 heterocycles. The minimum Gasteiger partial charge on any atom is -0.501 e. The molecule has 1 saturated heterocycles. The van der Waals surface area contributed by atoms with Crippen LogP contribution in [0.2, 0.25) is 0 Å². The molecule has 0 aromatic heterocycles. The molecule has 3 rings (SSSR count). The first-order valence-corrected chi connectivity index (χ1v) is 9.94. The normalized spacial score (nSPS) is 20.1. The number of carbonyl (C=O) groups is 1. The first-order valence-electron chi connectivity index (χ1n) is 9.94. The average Bonchev–Trinajstić information content (AvgIpc) is 2.70. The number of nitrogens with zero attached hydrogens (tertiary/aromatic N) is 1. The molecular weight excluding hydrogens is 350 g/mol. The van der Waals surface area contributed by atoms with Gasteiger partial charge in [0.05, 0.1) is 12.9 Å². The summed E-state index contributed by atoms with van der Waals surface area (Å²) in [4.78, 5) is 15.4. The van der Waals surface area contributed by atoms with Crippen molar-refractivity contribution in [2.24, 2.45) is 0 Å². The van der Waals surface area contributed by atoms with Gasteiger partial charge in [-0.1, -0.05) is 11.6 Å². The van der Waals surface area contributed by atoms with Crippen LogP contribution in [0.1, 0.15) is 48.3 Å². The van der Waals surface area contributed by atoms with Crippen molar-refractivity contribution < 1.29 is 9.53 Å². The third-order valence-corrected chi connectivity index (χ3v) is 5.31. The molecule has 1 aromatic carbocycles. The molecule has 5 heteroatoms. The van der Waals surface area contributed by atoms with Gasteiger partial charge in [-0.2, -0.15) is 0 Å². The van der Waals surface area contributed by atoms with E-state index in [0.29, 0.717) is 11.6 Å². The number of allylic oxidation sites excluding steroid dienone is 5. The van der Waals surface area contributed by atoms with E-state index in [9.17, 15) is 4.79 Å². The molecule has 0 saturated carbocycles. The molecular formula is C23H31N3O2. The largest absolute Gasteiger partial charge is 0.501 e. The van der Waals surface area contributed by atoms with Crippen LogP contribution in [0.4, 0.5) is 0 Å². The topological polar surface area (TPSA) is 53.6 Å². The number of piperazine rings is 1. The Morgan fingerprint density at radius 2 is 2.07 bits per heavy atom. The maximum absolute atomic E-state index is 12.9. The van der Waals surface area contributed by atoms with Crippen molar-refractivity contribution in [2.75, 3.05) is 33.3 Å². The SMILES string of the molecule is CO/C(C)=C/C=C(\C=C(C)C)NC(=O)c1ccc2c(c1)CCN1CCNCC21. The number of methoxy groups -OCH3 is 1. The average molecular weight is 382 g/mol. The van der Waals surface area contributed by atoms with Crippen LogP contribution in [0.15, 0.2) is 53.5 Å². The summed E-state index contributed by atoms with van der Waals surface area (Å²) in [5, 5.41) is 6.51. The molecule has 1 amide bonds. The number of nitrogens with one attached hydrogen (secondary N) is 2. The van der Waals surface area contributed by atoms with Gasteiger partial charge in [0.2, 0.25) is 0 Å². The van der Waals surface area contributed by atoms with E-state index in [1.165, 1.54) is 11.1 Å². The number of rotatable bonds is 5. The van der Waals surface area contributed by atoms with Gasteiger partial charge in [0, 0.05) is 43.5 Å². The van der Waals surface area contributed by atoms with Gasteiger partial charge in [-0.25, -0.2) is 0 Å². The number of ether oxygens (including phenoxy) is 1. The third-order valence-electron chi connectivity index (χ3n) is 5.31. The van der Waals surface area contributed by atoms with E-state index in [4.69, 9.17) is 4.74 Å². The Kier molecular flexibility index (Phi) is 6.70. The first-order chi connectivity index (χ1) is 13.5. The lowest BCUT2D eigenvalue weighted by molar-refractivity contribution is 0.0966. The van der Waals surface area contributed by atoms with Crippen molar-refractivity contribution in [3.05, 3.63) is 70.1 Å². The van der Waals surface area contributed by atoms with E-state index in [0.717, 1.165) is 49.6 Å². The van der Waals surface area contributed by atoms with Gasteiger partial charge in [-0.15, -0.1) is 0 Å². The van der Waals surface area contributed by atoms with E-state index in [1.807, 2.05) is 45.1 Å². The zero-order valence-corrected chi connectivity index (χ0v) is 17.3. The minimum atomic E-state index is -0.0841. The Morgan fingerprint density at radius 3 is 2.82 bits per heavy atom. The van der Waals surface area contributed by atoms with Crippen molar-refractivity contribution in [3.8, 4) is 0 Å². The summed E-state index contributed by atoms with van der Waals surface area (Å²) in [5.41, 5.74) is 5.22. The molecule has 2 aliphatic rings. The zero-order valence-electron chi connectivity index (χ0n) is 17.3. The summed E-state index contributed by atoms with van der Waals surface area (Å²) in [6, 6.07) is 6.57. The number of fused-ring (bicyclic) bond motifs is 3. The number of hydrogen-bond donors (Lipinski definition) is 2. The Morgan fingerprint density at radius 1 is 1.25 bits per heavy atom. The Balaban J connectivity index is 1.79. The van der Waals surface area contributed by atoms with Gasteiger partial charge in [0.25, 0.3) is 5.91 Å². The Bertz CT molecular complexity index is 819. The fourth-order valence-corrected chi connectivity index (χ4v) is 3.79. The lowest BCUT2D eigenvalue weighted by atomic mass is 9.90. The second-order valence-corrected chi connectivity index (χ2v) is 7.70. The van der Waals surface area contributed by atoms with E-state index in [-0.39, 0.29) is 5.91 Å². The predicted molar refractivity (Wildman–Crippen MR) is 113 cm³/mol. The molecule has 5 nitrogen and oxygen atoms in total. The van der Waals surface area contributed by atoms with Gasteiger partial charge in [0.15, 0.2) is 0 Å². The minimum absolute atomic E-state index is 0.0841. The van der Waals surface area contributed by atoms with E-state index in [2.05, 4.69) is 27.7 Å². The first kappa shape index (κ1) is 20.4. The maximum Gasteiger partial charge on any atom is 0.255 e. The Labute approximate surface area is 168 Å². The molecule has 2 aliphatic heterocycles. The van der Waals surface area contributed by atoms with E-state index >= 15 is 0 Å². The van der Waals surface area contributed by atoms with Crippen LogP contribution in [0.5, 0.6) is 0 Å². The molecule has 0 spiro atoms. The second kappa shape index (κ2) is 9.22. The summed E-state index contributed by atoms with van der Waals surface area (Å²) < 4.78 is 5.17. The van der Waals surface area contributed by atoms with Crippen LogP contribution in [-0.2, 0) is 11.2 Å². The summed E-state index contributed by atoms with van der Waals surface area (Å²) in [7, 11) is 1.63. The lowest BCUT2D eigenvalue weighted by Crippen LogP contribution is -2.48. The van der Waals surface area contributed by atoms with Gasteiger partial charge in [-0.05, 0) is 68.7 Å². The summed E-state index contributed by atoms with van der Waals surface area (Å²) in [6.45, 7) is 10.1. The van der Waals surface area contributed by atoms with Crippen LogP contribution in [0, 0.1) is 0 Å². The van der Waals surface area contributed by atoms with Crippen molar-refractivity contribution in [1.82, 2.24) is 15.5 Å². The molecule has 0 radical (unpaired) electrons. The second-order valence-electron chi connectivity index (χ2n) is 7.70. The molecule has 1 atom stereocenters. The van der Waals surface area contributed by atoms with Crippen molar-refractivity contribution >= 4 is 5.91 Å². The van der Waals surface area contributed by atoms with Crippen molar-refractivity contribution in [2.45, 2.75) is 33.2 Å². The van der Waals surface area contributed by atoms with Gasteiger partial charge in [0.1, 0.15) is 0 Å². The summed E-state index contributed by atoms with van der Waals surface area (Å²) in [6.07, 6.45) is 6.68. The molecule has 0 aliphatic carbocycles. The zero-order chi connectivity index (χ0) is 20.1. The maximum atomic E-state index is 12.9. The van der Waals surface area contributed by atoms with Crippen LogP contribution >= 0.6 is 0 Å². The molecule has 1 aromatic rings. The standard InChI is InChI=1S/C23H31N3O2/c1-16(2)13-20(7-5-17(3)28-4)25-23(27)19-6-8-21-18(14-19)9-11-26-12-10-24-15-22(21)26/h5-8,13-14,22,24H,9-12,15H2,1-4H3,(H,25,27)/b17-5+,20-7+. The number of amides is 1. The molecule has 150 valence electrons. The molecule has 1 fully saturated rings. The highest BCUT2D eigenvalue weighted by atomic mass is 16.5. The predicted octanol–water partition coefficient (Wildman–Crippen LogP) is 3.32. The third kappa shape index (κ3) is 4.91. The monoisotopic (exact) mass is 381 g/mol. The number of benzene rings is 1. The van der Waals surface area contributed by atoms with Gasteiger partial charge >= 0.3 is 0 Å². The smallest absolute Gasteiger partial charge is 0.255 e. The van der Waals surface area contributed by atoms with Crippen LogP contribution in [-0.4, -0.2) is 44.1 Å². The van der Waals surface area contributed by atoms with Crippen LogP contribution in [0.3, 0.4) is 0 Å². The number of hydrogen-bond acceptors (Lipinski definition) is 4. The molecule has 0 bridgehead atoms. The molecule has 28 heavy (non-hydrogen) atoms. The molecule has 2 N–H and O–H groups in total.